The minimum Gasteiger partial charge on any atom is -0.398 e. The number of benzene rings is 2. The van der Waals surface area contributed by atoms with Crippen LogP contribution in [0.4, 0.5) is 5.69 Å². The lowest BCUT2D eigenvalue weighted by molar-refractivity contribution is 1.27. The van der Waals surface area contributed by atoms with Gasteiger partial charge in [-0.15, -0.1) is 11.8 Å². The van der Waals surface area contributed by atoms with Gasteiger partial charge in [0, 0.05) is 16.3 Å². The van der Waals surface area contributed by atoms with Crippen molar-refractivity contribution in [2.24, 2.45) is 0 Å². The average Bonchev–Trinajstić information content (AvgIpc) is 2.33. The Labute approximate surface area is 117 Å². The summed E-state index contributed by atoms with van der Waals surface area (Å²) in [6.45, 7) is 4.24. The van der Waals surface area contributed by atoms with Gasteiger partial charge in [0.15, 0.2) is 0 Å². The van der Waals surface area contributed by atoms with Crippen LogP contribution in [0.2, 0.25) is 5.02 Å². The summed E-state index contributed by atoms with van der Waals surface area (Å²) in [6, 6.07) is 12.1. The summed E-state index contributed by atoms with van der Waals surface area (Å²) in [7, 11) is 0. The first-order valence-electron chi connectivity index (χ1n) is 5.81. The third-order valence-electron chi connectivity index (χ3n) is 2.87. The van der Waals surface area contributed by atoms with Crippen molar-refractivity contribution in [3.05, 3.63) is 58.1 Å². The highest BCUT2D eigenvalue weighted by Gasteiger charge is 2.06. The monoisotopic (exact) mass is 277 g/mol. The van der Waals surface area contributed by atoms with E-state index in [0.717, 1.165) is 21.4 Å². The summed E-state index contributed by atoms with van der Waals surface area (Å²) in [6.07, 6.45) is 0. The van der Waals surface area contributed by atoms with Crippen LogP contribution in [0.15, 0.2) is 41.3 Å². The highest BCUT2D eigenvalue weighted by Crippen LogP contribution is 2.35. The van der Waals surface area contributed by atoms with E-state index in [9.17, 15) is 0 Å². The molecule has 94 valence electrons. The number of hydrogen-bond donors (Lipinski definition) is 1. The van der Waals surface area contributed by atoms with Gasteiger partial charge in [0.05, 0.1) is 5.02 Å². The van der Waals surface area contributed by atoms with Crippen LogP contribution in [0.3, 0.4) is 0 Å². The lowest BCUT2D eigenvalue weighted by Crippen LogP contribution is -1.91. The highest BCUT2D eigenvalue weighted by atomic mass is 35.5. The molecule has 0 saturated heterocycles. The Morgan fingerprint density at radius 1 is 1.17 bits per heavy atom. The molecule has 0 amide bonds. The Morgan fingerprint density at radius 2 is 1.94 bits per heavy atom. The van der Waals surface area contributed by atoms with Crippen molar-refractivity contribution < 1.29 is 0 Å². The Morgan fingerprint density at radius 3 is 2.67 bits per heavy atom. The maximum atomic E-state index is 6.17. The predicted octanol–water partition coefficient (Wildman–Crippen LogP) is 4.83. The molecule has 0 fully saturated rings. The second-order valence-corrected chi connectivity index (χ2v) is 5.77. The van der Waals surface area contributed by atoms with E-state index in [-0.39, 0.29) is 0 Å². The van der Waals surface area contributed by atoms with Gasteiger partial charge in [-0.2, -0.15) is 0 Å². The zero-order valence-electron chi connectivity index (χ0n) is 10.5. The zero-order chi connectivity index (χ0) is 13.1. The first kappa shape index (κ1) is 13.3. The van der Waals surface area contributed by atoms with E-state index in [1.165, 1.54) is 16.7 Å². The Bertz CT molecular complexity index is 546. The van der Waals surface area contributed by atoms with Crippen LogP contribution in [-0.4, -0.2) is 0 Å². The van der Waals surface area contributed by atoms with E-state index in [2.05, 4.69) is 32.0 Å². The Hall–Kier alpha value is -1.12. The van der Waals surface area contributed by atoms with Crippen LogP contribution >= 0.6 is 23.4 Å². The van der Waals surface area contributed by atoms with Gasteiger partial charge < -0.3 is 5.73 Å². The van der Waals surface area contributed by atoms with Gasteiger partial charge in [-0.3, -0.25) is 0 Å². The van der Waals surface area contributed by atoms with Crippen molar-refractivity contribution in [1.82, 2.24) is 0 Å². The topological polar surface area (TPSA) is 26.0 Å². The molecule has 0 bridgehead atoms. The molecular formula is C15H16ClNS. The zero-order valence-corrected chi connectivity index (χ0v) is 12.1. The number of hydrogen-bond acceptors (Lipinski definition) is 2. The van der Waals surface area contributed by atoms with Crippen LogP contribution in [-0.2, 0) is 5.75 Å². The molecule has 0 unspecified atom stereocenters. The summed E-state index contributed by atoms with van der Waals surface area (Å²) in [4.78, 5) is 0.972. The van der Waals surface area contributed by atoms with E-state index in [1.807, 2.05) is 18.2 Å². The molecule has 0 aliphatic rings. The quantitative estimate of drug-likeness (QED) is 0.642. The number of aryl methyl sites for hydroxylation is 2. The SMILES string of the molecule is Cc1ccc(C)c(CSc2c(N)cccc2Cl)c1. The third-order valence-corrected chi connectivity index (χ3v) is 4.50. The van der Waals surface area contributed by atoms with Gasteiger partial charge in [-0.1, -0.05) is 41.4 Å². The molecule has 0 spiro atoms. The first-order chi connectivity index (χ1) is 8.58. The van der Waals surface area contributed by atoms with Crippen molar-refractivity contribution in [1.29, 1.82) is 0 Å². The summed E-state index contributed by atoms with van der Waals surface area (Å²) in [5.41, 5.74) is 10.6. The van der Waals surface area contributed by atoms with Crippen molar-refractivity contribution in [3.63, 3.8) is 0 Å². The number of halogens is 1. The lowest BCUT2D eigenvalue weighted by atomic mass is 10.1. The number of anilines is 1. The molecule has 0 aliphatic carbocycles. The van der Waals surface area contributed by atoms with Crippen molar-refractivity contribution in [2.45, 2.75) is 24.5 Å². The molecule has 0 heterocycles. The number of nitrogen functional groups attached to an aromatic ring is 1. The van der Waals surface area contributed by atoms with Crippen molar-refractivity contribution in [2.75, 3.05) is 5.73 Å². The fourth-order valence-electron chi connectivity index (χ4n) is 1.78. The molecule has 0 aromatic heterocycles. The fraction of sp³-hybridized carbons (Fsp3) is 0.200. The van der Waals surface area contributed by atoms with Gasteiger partial charge >= 0.3 is 0 Å². The fourth-order valence-corrected chi connectivity index (χ4v) is 3.18. The van der Waals surface area contributed by atoms with E-state index in [1.54, 1.807) is 11.8 Å². The highest BCUT2D eigenvalue weighted by molar-refractivity contribution is 7.98. The van der Waals surface area contributed by atoms with Crippen LogP contribution in [0, 0.1) is 13.8 Å². The molecule has 0 aliphatic heterocycles. The molecule has 0 atom stereocenters. The molecule has 18 heavy (non-hydrogen) atoms. The second kappa shape index (κ2) is 5.68. The third kappa shape index (κ3) is 3.01. The Kier molecular flexibility index (Phi) is 4.20. The van der Waals surface area contributed by atoms with Crippen LogP contribution in [0.5, 0.6) is 0 Å². The van der Waals surface area contributed by atoms with Gasteiger partial charge in [0.25, 0.3) is 0 Å². The van der Waals surface area contributed by atoms with Crippen molar-refractivity contribution >= 4 is 29.1 Å². The minimum atomic E-state index is 0.727. The van der Waals surface area contributed by atoms with Crippen LogP contribution < -0.4 is 5.73 Å². The molecule has 2 N–H and O–H groups in total. The lowest BCUT2D eigenvalue weighted by Gasteiger charge is -2.10. The molecular weight excluding hydrogens is 262 g/mol. The second-order valence-electron chi connectivity index (χ2n) is 4.38. The standard InChI is InChI=1S/C15H16ClNS/c1-10-6-7-11(2)12(8-10)9-18-15-13(16)4-3-5-14(15)17/h3-8H,9,17H2,1-2H3. The Balaban J connectivity index is 2.19. The first-order valence-corrected chi connectivity index (χ1v) is 7.17. The average molecular weight is 278 g/mol. The van der Waals surface area contributed by atoms with E-state index in [4.69, 9.17) is 17.3 Å². The van der Waals surface area contributed by atoms with E-state index < -0.39 is 0 Å². The molecule has 1 nitrogen and oxygen atoms in total. The summed E-state index contributed by atoms with van der Waals surface area (Å²) in [5, 5.41) is 0.727. The normalized spacial score (nSPS) is 10.6. The smallest absolute Gasteiger partial charge is 0.0562 e. The van der Waals surface area contributed by atoms with Gasteiger partial charge in [-0.05, 0) is 37.1 Å². The number of thioether (sulfide) groups is 1. The molecule has 2 aromatic rings. The van der Waals surface area contributed by atoms with Gasteiger partial charge in [0.2, 0.25) is 0 Å². The summed E-state index contributed by atoms with van der Waals surface area (Å²) < 4.78 is 0. The predicted molar refractivity (Wildman–Crippen MR) is 81.3 cm³/mol. The maximum absolute atomic E-state index is 6.17. The summed E-state index contributed by atoms with van der Waals surface area (Å²) in [5.74, 6) is 0.890. The largest absolute Gasteiger partial charge is 0.398 e. The minimum absolute atomic E-state index is 0.727. The molecule has 3 heteroatoms. The van der Waals surface area contributed by atoms with E-state index >= 15 is 0 Å². The van der Waals surface area contributed by atoms with E-state index in [0.29, 0.717) is 0 Å². The van der Waals surface area contributed by atoms with Gasteiger partial charge in [-0.25, -0.2) is 0 Å². The molecule has 2 rings (SSSR count). The molecule has 0 radical (unpaired) electrons. The van der Waals surface area contributed by atoms with Crippen LogP contribution in [0.1, 0.15) is 16.7 Å². The maximum Gasteiger partial charge on any atom is 0.0562 e. The van der Waals surface area contributed by atoms with Crippen LogP contribution in [0.25, 0.3) is 0 Å². The number of nitrogens with two attached hydrogens (primary N) is 1. The molecule has 0 saturated carbocycles. The summed E-state index contributed by atoms with van der Waals surface area (Å²) >= 11 is 7.86. The molecule has 2 aromatic carbocycles. The van der Waals surface area contributed by atoms with Gasteiger partial charge in [0.1, 0.15) is 0 Å². The van der Waals surface area contributed by atoms with Crippen molar-refractivity contribution in [3.8, 4) is 0 Å². The number of rotatable bonds is 3.